The standard InChI is InChI=1S/C17H16N2O3/c1-12-6-3-4-7-14(12)10-11-17(20)18-15-8-5-9-16(13(15)2)19(21)22/h3-11H,1-2H3,(H,18,20)/b11-10+. The third-order valence-electron chi connectivity index (χ3n) is 3.36. The highest BCUT2D eigenvalue weighted by molar-refractivity contribution is 6.02. The SMILES string of the molecule is Cc1ccccc1/C=C/C(=O)Nc1cccc([N+](=O)[O-])c1C. The van der Waals surface area contributed by atoms with E-state index in [-0.39, 0.29) is 11.6 Å². The lowest BCUT2D eigenvalue weighted by Crippen LogP contribution is -2.09. The molecule has 0 bridgehead atoms. The molecular formula is C17H16N2O3. The predicted molar refractivity (Wildman–Crippen MR) is 86.7 cm³/mol. The second-order valence-electron chi connectivity index (χ2n) is 4.89. The Balaban J connectivity index is 2.15. The minimum Gasteiger partial charge on any atom is -0.322 e. The van der Waals surface area contributed by atoms with Crippen molar-refractivity contribution in [3.05, 3.63) is 75.3 Å². The number of aryl methyl sites for hydroxylation is 1. The number of hydrogen-bond donors (Lipinski definition) is 1. The van der Waals surface area contributed by atoms with Gasteiger partial charge in [0.1, 0.15) is 0 Å². The molecule has 0 radical (unpaired) electrons. The monoisotopic (exact) mass is 296 g/mol. The largest absolute Gasteiger partial charge is 0.322 e. The first-order valence-electron chi connectivity index (χ1n) is 6.77. The van der Waals surface area contributed by atoms with E-state index in [4.69, 9.17) is 0 Å². The van der Waals surface area contributed by atoms with E-state index < -0.39 is 4.92 Å². The zero-order valence-electron chi connectivity index (χ0n) is 12.4. The summed E-state index contributed by atoms with van der Waals surface area (Å²) in [5, 5.41) is 13.6. The van der Waals surface area contributed by atoms with Gasteiger partial charge in [0.25, 0.3) is 5.69 Å². The zero-order chi connectivity index (χ0) is 16.1. The molecule has 0 aliphatic heterocycles. The first kappa shape index (κ1) is 15.4. The summed E-state index contributed by atoms with van der Waals surface area (Å²) in [7, 11) is 0. The molecule has 0 atom stereocenters. The van der Waals surface area contributed by atoms with Crippen LogP contribution in [0.25, 0.3) is 6.08 Å². The van der Waals surface area contributed by atoms with Crippen molar-refractivity contribution in [1.82, 2.24) is 0 Å². The van der Waals surface area contributed by atoms with E-state index in [2.05, 4.69) is 5.32 Å². The topological polar surface area (TPSA) is 72.2 Å². The fourth-order valence-electron chi connectivity index (χ4n) is 2.07. The van der Waals surface area contributed by atoms with Crippen LogP contribution in [0, 0.1) is 24.0 Å². The number of anilines is 1. The Hall–Kier alpha value is -2.95. The number of nitrogens with one attached hydrogen (secondary N) is 1. The van der Waals surface area contributed by atoms with Crippen LogP contribution in [0.15, 0.2) is 48.5 Å². The van der Waals surface area contributed by atoms with Crippen LogP contribution in [0.1, 0.15) is 16.7 Å². The van der Waals surface area contributed by atoms with Crippen LogP contribution in [0.4, 0.5) is 11.4 Å². The van der Waals surface area contributed by atoms with Crippen molar-refractivity contribution >= 4 is 23.4 Å². The number of amides is 1. The molecule has 5 heteroatoms. The van der Waals surface area contributed by atoms with Gasteiger partial charge < -0.3 is 5.32 Å². The highest BCUT2D eigenvalue weighted by Gasteiger charge is 2.13. The smallest absolute Gasteiger partial charge is 0.274 e. The summed E-state index contributed by atoms with van der Waals surface area (Å²) >= 11 is 0. The minimum atomic E-state index is -0.464. The van der Waals surface area contributed by atoms with Crippen molar-refractivity contribution < 1.29 is 9.72 Å². The average Bonchev–Trinajstić information content (AvgIpc) is 2.48. The van der Waals surface area contributed by atoms with E-state index in [1.54, 1.807) is 25.1 Å². The number of rotatable bonds is 4. The molecule has 0 spiro atoms. The highest BCUT2D eigenvalue weighted by Crippen LogP contribution is 2.25. The maximum Gasteiger partial charge on any atom is 0.274 e. The van der Waals surface area contributed by atoms with Crippen LogP contribution in [0.3, 0.4) is 0 Å². The number of nitro groups is 1. The van der Waals surface area contributed by atoms with E-state index in [1.165, 1.54) is 12.1 Å². The number of benzene rings is 2. The summed E-state index contributed by atoms with van der Waals surface area (Å²) in [6, 6.07) is 12.3. The molecule has 0 saturated carbocycles. The van der Waals surface area contributed by atoms with Crippen molar-refractivity contribution in [3.8, 4) is 0 Å². The van der Waals surface area contributed by atoms with Gasteiger partial charge in [-0.2, -0.15) is 0 Å². The summed E-state index contributed by atoms with van der Waals surface area (Å²) in [4.78, 5) is 22.4. The lowest BCUT2D eigenvalue weighted by atomic mass is 10.1. The third kappa shape index (κ3) is 3.58. The highest BCUT2D eigenvalue weighted by atomic mass is 16.6. The van der Waals surface area contributed by atoms with Gasteiger partial charge in [-0.15, -0.1) is 0 Å². The number of nitrogens with zero attached hydrogens (tertiary/aromatic N) is 1. The zero-order valence-corrected chi connectivity index (χ0v) is 12.4. The van der Waals surface area contributed by atoms with Crippen LogP contribution >= 0.6 is 0 Å². The van der Waals surface area contributed by atoms with Crippen molar-refractivity contribution in [1.29, 1.82) is 0 Å². The molecule has 22 heavy (non-hydrogen) atoms. The summed E-state index contributed by atoms with van der Waals surface area (Å²) in [5.74, 6) is -0.327. The molecule has 2 rings (SSSR count). The quantitative estimate of drug-likeness (QED) is 0.529. The van der Waals surface area contributed by atoms with Crippen LogP contribution in [-0.4, -0.2) is 10.8 Å². The molecule has 0 unspecified atom stereocenters. The molecule has 2 aromatic rings. The first-order valence-corrected chi connectivity index (χ1v) is 6.77. The second-order valence-corrected chi connectivity index (χ2v) is 4.89. The Morgan fingerprint density at radius 2 is 1.86 bits per heavy atom. The molecule has 0 aliphatic carbocycles. The van der Waals surface area contributed by atoms with Crippen molar-refractivity contribution in [2.45, 2.75) is 13.8 Å². The number of hydrogen-bond acceptors (Lipinski definition) is 3. The van der Waals surface area contributed by atoms with Crippen molar-refractivity contribution in [2.75, 3.05) is 5.32 Å². The molecule has 112 valence electrons. The van der Waals surface area contributed by atoms with Crippen LogP contribution in [0.2, 0.25) is 0 Å². The van der Waals surface area contributed by atoms with Gasteiger partial charge in [0, 0.05) is 12.1 Å². The van der Waals surface area contributed by atoms with Gasteiger partial charge in [0.15, 0.2) is 0 Å². The Kier molecular flexibility index (Phi) is 4.68. The molecule has 0 aliphatic rings. The molecular weight excluding hydrogens is 280 g/mol. The molecule has 1 amide bonds. The first-order chi connectivity index (χ1) is 10.5. The van der Waals surface area contributed by atoms with Gasteiger partial charge in [-0.25, -0.2) is 0 Å². The molecule has 0 fully saturated rings. The lowest BCUT2D eigenvalue weighted by molar-refractivity contribution is -0.385. The van der Waals surface area contributed by atoms with Gasteiger partial charge in [-0.05, 0) is 37.1 Å². The minimum absolute atomic E-state index is 0.0133. The summed E-state index contributed by atoms with van der Waals surface area (Å²) < 4.78 is 0. The van der Waals surface area contributed by atoms with Crippen molar-refractivity contribution in [3.63, 3.8) is 0 Å². The van der Waals surface area contributed by atoms with Crippen LogP contribution in [-0.2, 0) is 4.79 Å². The Bertz CT molecular complexity index is 751. The van der Waals surface area contributed by atoms with E-state index in [0.29, 0.717) is 11.3 Å². The van der Waals surface area contributed by atoms with Gasteiger partial charge in [0.05, 0.1) is 16.2 Å². The van der Waals surface area contributed by atoms with Gasteiger partial charge in [-0.1, -0.05) is 30.3 Å². The van der Waals surface area contributed by atoms with E-state index in [9.17, 15) is 14.9 Å². The Morgan fingerprint density at radius 1 is 1.14 bits per heavy atom. The summed E-state index contributed by atoms with van der Waals surface area (Å²) in [6.45, 7) is 3.57. The molecule has 0 heterocycles. The maximum atomic E-state index is 12.0. The molecule has 5 nitrogen and oxygen atoms in total. The van der Waals surface area contributed by atoms with Gasteiger partial charge in [-0.3, -0.25) is 14.9 Å². The van der Waals surface area contributed by atoms with E-state index in [0.717, 1.165) is 11.1 Å². The van der Waals surface area contributed by atoms with Crippen LogP contribution < -0.4 is 5.32 Å². The molecule has 1 N–H and O–H groups in total. The lowest BCUT2D eigenvalue weighted by Gasteiger charge is -2.06. The van der Waals surface area contributed by atoms with E-state index in [1.807, 2.05) is 31.2 Å². The van der Waals surface area contributed by atoms with Gasteiger partial charge >= 0.3 is 0 Å². The van der Waals surface area contributed by atoms with Crippen molar-refractivity contribution in [2.24, 2.45) is 0 Å². The van der Waals surface area contributed by atoms with Gasteiger partial charge in [0.2, 0.25) is 5.91 Å². The van der Waals surface area contributed by atoms with E-state index >= 15 is 0 Å². The normalized spacial score (nSPS) is 10.6. The fourth-order valence-corrected chi connectivity index (χ4v) is 2.07. The molecule has 0 saturated heterocycles. The second kappa shape index (κ2) is 6.67. The predicted octanol–water partition coefficient (Wildman–Crippen LogP) is 3.86. The Labute approximate surface area is 128 Å². The van der Waals surface area contributed by atoms with Crippen LogP contribution in [0.5, 0.6) is 0 Å². The number of carbonyl (C=O) groups is 1. The molecule has 0 aromatic heterocycles. The average molecular weight is 296 g/mol. The number of nitro benzene ring substituents is 1. The Morgan fingerprint density at radius 3 is 2.55 bits per heavy atom. The fraction of sp³-hybridized carbons (Fsp3) is 0.118. The third-order valence-corrected chi connectivity index (χ3v) is 3.36. The molecule has 2 aromatic carbocycles. The summed E-state index contributed by atoms with van der Waals surface area (Å²) in [6.07, 6.45) is 3.14. The maximum absolute atomic E-state index is 12.0. The number of carbonyl (C=O) groups excluding carboxylic acids is 1. The summed E-state index contributed by atoms with van der Waals surface area (Å²) in [5.41, 5.74) is 2.88.